The number of ether oxygens (including phenoxy) is 2. The summed E-state index contributed by atoms with van der Waals surface area (Å²) in [7, 11) is 1.69. The molecule has 18 heavy (non-hydrogen) atoms. The minimum absolute atomic E-state index is 0.136. The lowest BCUT2D eigenvalue weighted by Gasteiger charge is -2.12. The fourth-order valence-corrected chi connectivity index (χ4v) is 1.76. The highest BCUT2D eigenvalue weighted by Crippen LogP contribution is 2.08. The van der Waals surface area contributed by atoms with Gasteiger partial charge in [-0.1, -0.05) is 31.2 Å². The molecule has 0 spiro atoms. The molecule has 0 saturated carbocycles. The molecule has 0 aliphatic carbocycles. The minimum atomic E-state index is 0.136. The number of methoxy groups -OCH3 is 1. The summed E-state index contributed by atoms with van der Waals surface area (Å²) < 4.78 is 10.7. The summed E-state index contributed by atoms with van der Waals surface area (Å²) in [6.45, 7) is 7.47. The largest absolute Gasteiger partial charge is 0.382 e. The molecule has 0 aliphatic rings. The van der Waals surface area contributed by atoms with Gasteiger partial charge in [0.2, 0.25) is 0 Å². The first-order valence-corrected chi connectivity index (χ1v) is 6.65. The van der Waals surface area contributed by atoms with Crippen molar-refractivity contribution in [2.45, 2.75) is 39.5 Å². The molecular weight excluding hydrogens is 226 g/mol. The van der Waals surface area contributed by atoms with Crippen molar-refractivity contribution in [2.75, 3.05) is 20.3 Å². The normalized spacial score (nSPS) is 12.6. The molecule has 1 rings (SSSR count). The molecule has 1 atom stereocenters. The average molecular weight is 251 g/mol. The molecule has 0 aliphatic heterocycles. The molecule has 102 valence electrons. The van der Waals surface area contributed by atoms with E-state index in [2.05, 4.69) is 36.5 Å². The highest BCUT2D eigenvalue weighted by Gasteiger charge is 2.02. The summed E-state index contributed by atoms with van der Waals surface area (Å²) in [5.74, 6) is 0. The van der Waals surface area contributed by atoms with Gasteiger partial charge in [-0.2, -0.15) is 0 Å². The molecule has 3 nitrogen and oxygen atoms in total. The van der Waals surface area contributed by atoms with Crippen LogP contribution in [-0.2, 0) is 22.6 Å². The minimum Gasteiger partial charge on any atom is -0.382 e. The van der Waals surface area contributed by atoms with Crippen LogP contribution in [0.5, 0.6) is 0 Å². The van der Waals surface area contributed by atoms with Crippen LogP contribution in [0.1, 0.15) is 31.4 Å². The zero-order chi connectivity index (χ0) is 13.2. The molecule has 0 fully saturated rings. The topological polar surface area (TPSA) is 30.5 Å². The predicted molar refractivity (Wildman–Crippen MR) is 74.6 cm³/mol. The second-order valence-corrected chi connectivity index (χ2v) is 4.57. The van der Waals surface area contributed by atoms with Crippen LogP contribution in [0.2, 0.25) is 0 Å². The van der Waals surface area contributed by atoms with E-state index in [4.69, 9.17) is 9.47 Å². The molecule has 1 N–H and O–H groups in total. The summed E-state index contributed by atoms with van der Waals surface area (Å²) in [5, 5.41) is 3.40. The van der Waals surface area contributed by atoms with Gasteiger partial charge >= 0.3 is 0 Å². The second kappa shape index (κ2) is 9.09. The highest BCUT2D eigenvalue weighted by molar-refractivity contribution is 5.22. The number of rotatable bonds is 9. The van der Waals surface area contributed by atoms with Crippen LogP contribution in [0.15, 0.2) is 24.3 Å². The van der Waals surface area contributed by atoms with Crippen molar-refractivity contribution in [3.05, 3.63) is 35.4 Å². The molecule has 1 unspecified atom stereocenters. The zero-order valence-electron chi connectivity index (χ0n) is 11.7. The van der Waals surface area contributed by atoms with E-state index in [0.29, 0.717) is 13.2 Å². The smallest absolute Gasteiger partial charge is 0.0784 e. The van der Waals surface area contributed by atoms with Gasteiger partial charge in [0.25, 0.3) is 0 Å². The Morgan fingerprint density at radius 3 is 2.78 bits per heavy atom. The van der Waals surface area contributed by atoms with Crippen molar-refractivity contribution < 1.29 is 9.47 Å². The predicted octanol–water partition coefficient (Wildman–Crippen LogP) is 2.74. The number of hydrogen-bond donors (Lipinski definition) is 1. The average Bonchev–Trinajstić information content (AvgIpc) is 2.38. The van der Waals surface area contributed by atoms with Crippen LogP contribution in [-0.4, -0.2) is 26.4 Å². The molecule has 0 aromatic heterocycles. The Labute approximate surface area is 110 Å². The molecule has 0 heterocycles. The van der Waals surface area contributed by atoms with Gasteiger partial charge in [-0.15, -0.1) is 0 Å². The third-order valence-electron chi connectivity index (χ3n) is 2.68. The maximum Gasteiger partial charge on any atom is 0.0784 e. The first kappa shape index (κ1) is 15.2. The SMILES string of the molecule is CCCNCc1cccc(COC(C)COC)c1. The third-order valence-corrected chi connectivity index (χ3v) is 2.68. The van der Waals surface area contributed by atoms with E-state index in [1.54, 1.807) is 7.11 Å². The molecule has 3 heteroatoms. The Morgan fingerprint density at radius 1 is 1.28 bits per heavy atom. The van der Waals surface area contributed by atoms with Crippen molar-refractivity contribution in [1.29, 1.82) is 0 Å². The number of hydrogen-bond acceptors (Lipinski definition) is 3. The Morgan fingerprint density at radius 2 is 2.06 bits per heavy atom. The van der Waals surface area contributed by atoms with Gasteiger partial charge in [0.1, 0.15) is 0 Å². The summed E-state index contributed by atoms with van der Waals surface area (Å²) in [4.78, 5) is 0. The molecule has 1 aromatic carbocycles. The van der Waals surface area contributed by atoms with Crippen LogP contribution in [0, 0.1) is 0 Å². The van der Waals surface area contributed by atoms with E-state index >= 15 is 0 Å². The molecule has 0 amide bonds. The zero-order valence-corrected chi connectivity index (χ0v) is 11.7. The van der Waals surface area contributed by atoms with E-state index < -0.39 is 0 Å². The van der Waals surface area contributed by atoms with Gasteiger partial charge in [0, 0.05) is 13.7 Å². The van der Waals surface area contributed by atoms with Crippen LogP contribution >= 0.6 is 0 Å². The lowest BCUT2D eigenvalue weighted by atomic mass is 10.1. The second-order valence-electron chi connectivity index (χ2n) is 4.57. The van der Waals surface area contributed by atoms with Gasteiger partial charge in [-0.05, 0) is 31.0 Å². The van der Waals surface area contributed by atoms with Crippen LogP contribution in [0.3, 0.4) is 0 Å². The fourth-order valence-electron chi connectivity index (χ4n) is 1.76. The van der Waals surface area contributed by atoms with E-state index in [0.717, 1.165) is 19.5 Å². The lowest BCUT2D eigenvalue weighted by molar-refractivity contribution is -0.000146. The monoisotopic (exact) mass is 251 g/mol. The van der Waals surface area contributed by atoms with E-state index in [-0.39, 0.29) is 6.10 Å². The highest BCUT2D eigenvalue weighted by atomic mass is 16.5. The van der Waals surface area contributed by atoms with E-state index in [1.165, 1.54) is 11.1 Å². The summed E-state index contributed by atoms with van der Waals surface area (Å²) >= 11 is 0. The molecule has 0 radical (unpaired) electrons. The fraction of sp³-hybridized carbons (Fsp3) is 0.600. The third kappa shape index (κ3) is 6.15. The summed E-state index contributed by atoms with van der Waals surface area (Å²) in [6, 6.07) is 8.53. The quantitative estimate of drug-likeness (QED) is 0.685. The van der Waals surface area contributed by atoms with Crippen molar-refractivity contribution in [3.63, 3.8) is 0 Å². The van der Waals surface area contributed by atoms with Gasteiger partial charge in [-0.3, -0.25) is 0 Å². The lowest BCUT2D eigenvalue weighted by Crippen LogP contribution is -2.15. The van der Waals surface area contributed by atoms with E-state index in [1.807, 2.05) is 6.92 Å². The first-order valence-electron chi connectivity index (χ1n) is 6.65. The Kier molecular flexibility index (Phi) is 7.65. The van der Waals surface area contributed by atoms with Crippen molar-refractivity contribution >= 4 is 0 Å². The number of benzene rings is 1. The Balaban J connectivity index is 2.39. The standard InChI is InChI=1S/C15H25NO2/c1-4-8-16-10-14-6-5-7-15(9-14)12-18-13(2)11-17-3/h5-7,9,13,16H,4,8,10-12H2,1-3H3. The summed E-state index contributed by atoms with van der Waals surface area (Å²) in [5.41, 5.74) is 2.53. The van der Waals surface area contributed by atoms with Crippen molar-refractivity contribution in [3.8, 4) is 0 Å². The Hall–Kier alpha value is -0.900. The summed E-state index contributed by atoms with van der Waals surface area (Å²) in [6.07, 6.45) is 1.30. The van der Waals surface area contributed by atoms with Crippen molar-refractivity contribution in [2.24, 2.45) is 0 Å². The molecule has 1 aromatic rings. The van der Waals surface area contributed by atoms with Gasteiger partial charge < -0.3 is 14.8 Å². The maximum absolute atomic E-state index is 5.70. The Bertz CT molecular complexity index is 328. The van der Waals surface area contributed by atoms with E-state index in [9.17, 15) is 0 Å². The molecule has 0 saturated heterocycles. The van der Waals surface area contributed by atoms with Crippen LogP contribution in [0.25, 0.3) is 0 Å². The first-order chi connectivity index (χ1) is 8.76. The van der Waals surface area contributed by atoms with Crippen LogP contribution < -0.4 is 5.32 Å². The van der Waals surface area contributed by atoms with Gasteiger partial charge in [0.05, 0.1) is 19.3 Å². The van der Waals surface area contributed by atoms with Gasteiger partial charge in [-0.25, -0.2) is 0 Å². The molecule has 0 bridgehead atoms. The van der Waals surface area contributed by atoms with Gasteiger partial charge in [0.15, 0.2) is 0 Å². The number of nitrogens with one attached hydrogen (secondary N) is 1. The van der Waals surface area contributed by atoms with Crippen LogP contribution in [0.4, 0.5) is 0 Å². The van der Waals surface area contributed by atoms with Crippen molar-refractivity contribution in [1.82, 2.24) is 5.32 Å². The molecular formula is C15H25NO2. The maximum atomic E-state index is 5.70.